The molecule has 0 radical (unpaired) electrons. The van der Waals surface area contributed by atoms with Gasteiger partial charge in [0.25, 0.3) is 0 Å². The molecule has 1 rings (SSSR count). The van der Waals surface area contributed by atoms with Gasteiger partial charge in [-0.25, -0.2) is 0 Å². The average Bonchev–Trinajstić information content (AvgIpc) is 2.44. The highest BCUT2D eigenvalue weighted by atomic mass is 16.5. The van der Waals surface area contributed by atoms with Crippen molar-refractivity contribution in [2.45, 2.75) is 52.6 Å². The molecule has 2 amide bonds. The van der Waals surface area contributed by atoms with Gasteiger partial charge in [0.2, 0.25) is 11.8 Å². The highest BCUT2D eigenvalue weighted by Gasteiger charge is 2.34. The highest BCUT2D eigenvalue weighted by molar-refractivity contribution is 5.90. The molecule has 1 N–H and O–H groups in total. The molecule has 2 atom stereocenters. The standard InChI is InChI=1S/C14H26N2O3/c1-5-19-8-6-7-16-11(4)9-12(17)15-13(10(2)3)14(16)18/h10-11,13H,5-9H2,1-4H3,(H,15,17). The van der Waals surface area contributed by atoms with E-state index in [1.807, 2.05) is 32.6 Å². The van der Waals surface area contributed by atoms with Gasteiger partial charge < -0.3 is 15.0 Å². The monoisotopic (exact) mass is 270 g/mol. The number of carbonyl (C=O) groups excluding carboxylic acids is 2. The Kier molecular flexibility index (Phi) is 6.28. The Labute approximate surface area is 115 Å². The second-order valence-corrected chi connectivity index (χ2v) is 5.42. The van der Waals surface area contributed by atoms with Crippen molar-refractivity contribution in [2.75, 3.05) is 19.8 Å². The average molecular weight is 270 g/mol. The van der Waals surface area contributed by atoms with Crippen molar-refractivity contribution in [3.8, 4) is 0 Å². The van der Waals surface area contributed by atoms with E-state index in [0.717, 1.165) is 6.42 Å². The number of rotatable bonds is 6. The maximum atomic E-state index is 12.5. The van der Waals surface area contributed by atoms with Crippen LogP contribution in [-0.4, -0.2) is 48.6 Å². The first-order chi connectivity index (χ1) is 8.97. The topological polar surface area (TPSA) is 58.6 Å². The van der Waals surface area contributed by atoms with Crippen LogP contribution in [0, 0.1) is 5.92 Å². The number of hydrogen-bond acceptors (Lipinski definition) is 3. The number of nitrogens with zero attached hydrogens (tertiary/aromatic N) is 1. The highest BCUT2D eigenvalue weighted by Crippen LogP contribution is 2.16. The summed E-state index contributed by atoms with van der Waals surface area (Å²) in [5.41, 5.74) is 0. The van der Waals surface area contributed by atoms with Crippen molar-refractivity contribution >= 4 is 11.8 Å². The SMILES string of the molecule is CCOCCCN1C(=O)C(C(C)C)NC(=O)CC1C. The molecule has 0 saturated carbocycles. The number of carbonyl (C=O) groups is 2. The van der Waals surface area contributed by atoms with E-state index < -0.39 is 6.04 Å². The number of nitrogens with one attached hydrogen (secondary N) is 1. The molecule has 5 nitrogen and oxygen atoms in total. The van der Waals surface area contributed by atoms with E-state index in [1.165, 1.54) is 0 Å². The zero-order chi connectivity index (χ0) is 14.4. The van der Waals surface area contributed by atoms with Crippen molar-refractivity contribution in [3.05, 3.63) is 0 Å². The van der Waals surface area contributed by atoms with Gasteiger partial charge in [-0.15, -0.1) is 0 Å². The lowest BCUT2D eigenvalue weighted by atomic mass is 10.0. The van der Waals surface area contributed by atoms with Crippen LogP contribution >= 0.6 is 0 Å². The summed E-state index contributed by atoms with van der Waals surface area (Å²) in [5, 5.41) is 2.83. The van der Waals surface area contributed by atoms with Gasteiger partial charge in [0.1, 0.15) is 6.04 Å². The van der Waals surface area contributed by atoms with Gasteiger partial charge in [0, 0.05) is 32.2 Å². The Bertz CT molecular complexity index is 318. The van der Waals surface area contributed by atoms with Crippen molar-refractivity contribution in [1.29, 1.82) is 0 Å². The van der Waals surface area contributed by atoms with Crippen LogP contribution in [0.5, 0.6) is 0 Å². The predicted octanol–water partition coefficient (Wildman–Crippen LogP) is 1.17. The molecule has 1 aliphatic rings. The Balaban J connectivity index is 2.68. The maximum absolute atomic E-state index is 12.5. The third kappa shape index (κ3) is 4.49. The van der Waals surface area contributed by atoms with Crippen LogP contribution in [-0.2, 0) is 14.3 Å². The van der Waals surface area contributed by atoms with Crippen LogP contribution in [0.4, 0.5) is 0 Å². The van der Waals surface area contributed by atoms with Gasteiger partial charge in [-0.2, -0.15) is 0 Å². The molecule has 0 aromatic heterocycles. The van der Waals surface area contributed by atoms with E-state index in [2.05, 4.69) is 5.32 Å². The summed E-state index contributed by atoms with van der Waals surface area (Å²) in [7, 11) is 0. The Hall–Kier alpha value is -1.10. The number of ether oxygens (including phenoxy) is 1. The summed E-state index contributed by atoms with van der Waals surface area (Å²) in [6.07, 6.45) is 1.19. The first kappa shape index (κ1) is 16.0. The van der Waals surface area contributed by atoms with Crippen molar-refractivity contribution in [3.63, 3.8) is 0 Å². The van der Waals surface area contributed by atoms with Crippen molar-refractivity contribution in [1.82, 2.24) is 10.2 Å². The Morgan fingerprint density at radius 3 is 2.68 bits per heavy atom. The molecule has 1 saturated heterocycles. The van der Waals surface area contributed by atoms with Crippen LogP contribution in [0.2, 0.25) is 0 Å². The van der Waals surface area contributed by atoms with Crippen molar-refractivity contribution < 1.29 is 14.3 Å². The largest absolute Gasteiger partial charge is 0.382 e. The van der Waals surface area contributed by atoms with E-state index >= 15 is 0 Å². The third-order valence-electron chi connectivity index (χ3n) is 3.44. The fraction of sp³-hybridized carbons (Fsp3) is 0.857. The fourth-order valence-electron chi connectivity index (χ4n) is 2.33. The molecule has 1 heterocycles. The van der Waals surface area contributed by atoms with Gasteiger partial charge in [-0.3, -0.25) is 9.59 Å². The van der Waals surface area contributed by atoms with Crippen LogP contribution in [0.15, 0.2) is 0 Å². The Morgan fingerprint density at radius 2 is 2.11 bits per heavy atom. The third-order valence-corrected chi connectivity index (χ3v) is 3.44. The van der Waals surface area contributed by atoms with E-state index in [1.54, 1.807) is 0 Å². The molecule has 110 valence electrons. The van der Waals surface area contributed by atoms with E-state index in [0.29, 0.717) is 26.2 Å². The molecular formula is C14H26N2O3. The summed E-state index contributed by atoms with van der Waals surface area (Å²) in [4.78, 5) is 26.1. The number of hydrogen-bond donors (Lipinski definition) is 1. The molecule has 19 heavy (non-hydrogen) atoms. The lowest BCUT2D eigenvalue weighted by Crippen LogP contribution is -2.49. The molecule has 1 fully saturated rings. The van der Waals surface area contributed by atoms with Gasteiger partial charge in [-0.1, -0.05) is 13.8 Å². The fourth-order valence-corrected chi connectivity index (χ4v) is 2.33. The normalized spacial score (nSPS) is 24.6. The summed E-state index contributed by atoms with van der Waals surface area (Å²) < 4.78 is 5.30. The molecule has 0 aromatic carbocycles. The summed E-state index contributed by atoms with van der Waals surface area (Å²) in [6, 6.07) is -0.442. The van der Waals surface area contributed by atoms with Gasteiger partial charge in [0.05, 0.1) is 0 Å². The minimum absolute atomic E-state index is 0.0323. The number of amides is 2. The predicted molar refractivity (Wildman–Crippen MR) is 73.7 cm³/mol. The molecule has 5 heteroatoms. The molecular weight excluding hydrogens is 244 g/mol. The van der Waals surface area contributed by atoms with E-state index in [9.17, 15) is 9.59 Å². The second kappa shape index (κ2) is 7.48. The van der Waals surface area contributed by atoms with Crippen LogP contribution in [0.3, 0.4) is 0 Å². The quantitative estimate of drug-likeness (QED) is 0.737. The first-order valence-corrected chi connectivity index (χ1v) is 7.15. The van der Waals surface area contributed by atoms with E-state index in [4.69, 9.17) is 4.74 Å². The van der Waals surface area contributed by atoms with Crippen LogP contribution < -0.4 is 5.32 Å². The molecule has 0 bridgehead atoms. The zero-order valence-corrected chi connectivity index (χ0v) is 12.4. The Morgan fingerprint density at radius 1 is 1.42 bits per heavy atom. The zero-order valence-electron chi connectivity index (χ0n) is 12.4. The van der Waals surface area contributed by atoms with Crippen LogP contribution in [0.1, 0.15) is 40.5 Å². The summed E-state index contributed by atoms with van der Waals surface area (Å²) >= 11 is 0. The summed E-state index contributed by atoms with van der Waals surface area (Å²) in [6.45, 7) is 9.80. The lowest BCUT2D eigenvalue weighted by molar-refractivity contribution is -0.136. The molecule has 0 aliphatic carbocycles. The summed E-state index contributed by atoms with van der Waals surface area (Å²) in [5.74, 6) is 0.104. The smallest absolute Gasteiger partial charge is 0.245 e. The minimum atomic E-state index is -0.399. The van der Waals surface area contributed by atoms with Gasteiger partial charge >= 0.3 is 0 Å². The van der Waals surface area contributed by atoms with Crippen LogP contribution in [0.25, 0.3) is 0 Å². The van der Waals surface area contributed by atoms with Gasteiger partial charge in [-0.05, 0) is 26.2 Å². The van der Waals surface area contributed by atoms with Crippen molar-refractivity contribution in [2.24, 2.45) is 5.92 Å². The first-order valence-electron chi connectivity index (χ1n) is 7.15. The molecule has 0 spiro atoms. The maximum Gasteiger partial charge on any atom is 0.245 e. The lowest BCUT2D eigenvalue weighted by Gasteiger charge is -2.30. The molecule has 0 aromatic rings. The van der Waals surface area contributed by atoms with E-state index in [-0.39, 0.29) is 23.8 Å². The second-order valence-electron chi connectivity index (χ2n) is 5.42. The molecule has 1 aliphatic heterocycles. The minimum Gasteiger partial charge on any atom is -0.382 e. The van der Waals surface area contributed by atoms with Gasteiger partial charge in [0.15, 0.2) is 0 Å². The molecule has 2 unspecified atom stereocenters.